The van der Waals surface area contributed by atoms with Gasteiger partial charge in [0.15, 0.2) is 0 Å². The summed E-state index contributed by atoms with van der Waals surface area (Å²) >= 11 is 3.11. The number of rotatable bonds is 6. The molecule has 1 rings (SSSR count). The van der Waals surface area contributed by atoms with Gasteiger partial charge < -0.3 is 9.47 Å². The molecule has 5 nitrogen and oxygen atoms in total. The second-order valence-corrected chi connectivity index (χ2v) is 9.01. The van der Waals surface area contributed by atoms with E-state index < -0.39 is 39.9 Å². The summed E-state index contributed by atoms with van der Waals surface area (Å²) in [6, 6.07) is 2.98. The highest BCUT2D eigenvalue weighted by Gasteiger charge is 2.32. The molecule has 142 valence electrons. The number of halogens is 4. The van der Waals surface area contributed by atoms with E-state index in [2.05, 4.69) is 30.1 Å². The van der Waals surface area contributed by atoms with Gasteiger partial charge in [0.05, 0.1) is 35.3 Å². The normalized spacial score (nSPS) is 14.7. The molecule has 2 atom stereocenters. The van der Waals surface area contributed by atoms with Crippen LogP contribution < -0.4 is 9.46 Å². The van der Waals surface area contributed by atoms with E-state index in [9.17, 15) is 22.2 Å². The molecule has 0 aliphatic carbocycles. The van der Waals surface area contributed by atoms with Crippen molar-refractivity contribution in [3.05, 3.63) is 28.2 Å². The lowest BCUT2D eigenvalue weighted by Gasteiger charge is -2.24. The van der Waals surface area contributed by atoms with E-state index in [4.69, 9.17) is 0 Å². The standard InChI is InChI=1S/C15H19BrF3NO4S/c1-14(2,3)25(22)20-12(8-13(21)23-4)9-5-10(16)7-11(6-9)24-15(17,18)19/h5-7,12,20H,8H2,1-4H3/t12-,25?/m0/s1. The van der Waals surface area contributed by atoms with Crippen LogP contribution in [0, 0.1) is 0 Å². The van der Waals surface area contributed by atoms with Gasteiger partial charge in [-0.25, -0.2) is 8.93 Å². The van der Waals surface area contributed by atoms with Crippen molar-refractivity contribution in [1.82, 2.24) is 4.72 Å². The first-order chi connectivity index (χ1) is 11.3. The van der Waals surface area contributed by atoms with E-state index in [1.54, 1.807) is 20.8 Å². The zero-order valence-electron chi connectivity index (χ0n) is 14.1. The molecular formula is C15H19BrF3NO4S. The molecule has 0 heterocycles. The number of alkyl halides is 3. The predicted octanol–water partition coefficient (Wildman–Crippen LogP) is 4.00. The number of benzene rings is 1. The summed E-state index contributed by atoms with van der Waals surface area (Å²) < 4.78 is 60.7. The lowest BCUT2D eigenvalue weighted by atomic mass is 10.0. The van der Waals surface area contributed by atoms with Gasteiger partial charge >= 0.3 is 12.3 Å². The lowest BCUT2D eigenvalue weighted by molar-refractivity contribution is -0.274. The first-order valence-electron chi connectivity index (χ1n) is 7.13. The van der Waals surface area contributed by atoms with E-state index in [0.29, 0.717) is 10.0 Å². The van der Waals surface area contributed by atoms with Crippen LogP contribution in [-0.4, -0.2) is 28.4 Å². The van der Waals surface area contributed by atoms with Crippen molar-refractivity contribution in [3.63, 3.8) is 0 Å². The highest BCUT2D eigenvalue weighted by molar-refractivity contribution is 9.10. The molecule has 0 fully saturated rings. The maximum absolute atomic E-state index is 12.5. The third kappa shape index (κ3) is 7.74. The predicted molar refractivity (Wildman–Crippen MR) is 91.2 cm³/mol. The summed E-state index contributed by atoms with van der Waals surface area (Å²) in [6.45, 7) is 5.18. The van der Waals surface area contributed by atoms with Gasteiger partial charge in [-0.1, -0.05) is 15.9 Å². The minimum Gasteiger partial charge on any atom is -0.469 e. The Kier molecular flexibility index (Phi) is 7.45. The zero-order chi connectivity index (χ0) is 19.4. The Balaban J connectivity index is 3.20. The molecule has 0 spiro atoms. The second-order valence-electron chi connectivity index (χ2n) is 6.10. The number of hydrogen-bond donors (Lipinski definition) is 1. The Labute approximate surface area is 155 Å². The molecule has 0 amide bonds. The SMILES string of the molecule is COC(=O)C[C@H](NS(=O)C(C)(C)C)c1cc(Br)cc(OC(F)(F)F)c1. The van der Waals surface area contributed by atoms with E-state index in [1.807, 2.05) is 0 Å². The number of carbonyl (C=O) groups is 1. The minimum absolute atomic E-state index is 0.208. The summed E-state index contributed by atoms with van der Waals surface area (Å²) in [5.41, 5.74) is 0.302. The van der Waals surface area contributed by atoms with Gasteiger partial charge in [-0.15, -0.1) is 13.2 Å². The highest BCUT2D eigenvalue weighted by Crippen LogP contribution is 2.31. The maximum atomic E-state index is 12.5. The molecule has 1 aromatic carbocycles. The summed E-state index contributed by atoms with van der Waals surface area (Å²) in [6.07, 6.45) is -5.06. The molecule has 25 heavy (non-hydrogen) atoms. The molecular weight excluding hydrogens is 427 g/mol. The van der Waals surface area contributed by atoms with E-state index in [-0.39, 0.29) is 6.42 Å². The van der Waals surface area contributed by atoms with Gasteiger partial charge in [0, 0.05) is 4.47 Å². The number of methoxy groups -OCH3 is 1. The molecule has 0 aromatic heterocycles. The first kappa shape index (κ1) is 21.9. The van der Waals surface area contributed by atoms with Crippen LogP contribution in [0.3, 0.4) is 0 Å². The molecule has 0 saturated heterocycles. The fourth-order valence-electron chi connectivity index (χ4n) is 1.76. The molecule has 1 aromatic rings. The Morgan fingerprint density at radius 1 is 1.28 bits per heavy atom. The topological polar surface area (TPSA) is 64.6 Å². The smallest absolute Gasteiger partial charge is 0.469 e. The largest absolute Gasteiger partial charge is 0.573 e. The summed E-state index contributed by atoms with van der Waals surface area (Å²) in [5.74, 6) is -1.04. The van der Waals surface area contributed by atoms with Crippen molar-refractivity contribution in [1.29, 1.82) is 0 Å². The van der Waals surface area contributed by atoms with Gasteiger partial charge in [-0.2, -0.15) is 0 Å². The molecule has 0 aliphatic heterocycles. The Morgan fingerprint density at radius 3 is 2.36 bits per heavy atom. The Hall–Kier alpha value is -1.13. The average Bonchev–Trinajstić information content (AvgIpc) is 2.42. The average molecular weight is 446 g/mol. The van der Waals surface area contributed by atoms with E-state index >= 15 is 0 Å². The van der Waals surface area contributed by atoms with Crippen molar-refractivity contribution < 1.29 is 31.6 Å². The van der Waals surface area contributed by atoms with E-state index in [1.165, 1.54) is 13.2 Å². The van der Waals surface area contributed by atoms with Crippen LogP contribution in [0.15, 0.2) is 22.7 Å². The lowest BCUT2D eigenvalue weighted by Crippen LogP contribution is -2.36. The fourth-order valence-corrected chi connectivity index (χ4v) is 3.08. The molecule has 0 aliphatic rings. The first-order valence-corrected chi connectivity index (χ1v) is 9.07. The van der Waals surface area contributed by atoms with Crippen molar-refractivity contribution in [2.24, 2.45) is 0 Å². The van der Waals surface area contributed by atoms with Crippen LogP contribution in [0.1, 0.15) is 38.8 Å². The number of carbonyl (C=O) groups excluding carboxylic acids is 1. The van der Waals surface area contributed by atoms with Crippen LogP contribution in [0.4, 0.5) is 13.2 Å². The Morgan fingerprint density at radius 2 is 1.88 bits per heavy atom. The second kappa shape index (κ2) is 8.50. The summed E-state index contributed by atoms with van der Waals surface area (Å²) in [5, 5.41) is 0. The van der Waals surface area contributed by atoms with E-state index in [0.717, 1.165) is 12.1 Å². The monoisotopic (exact) mass is 445 g/mol. The van der Waals surface area contributed by atoms with Crippen LogP contribution >= 0.6 is 15.9 Å². The Bertz CT molecular complexity index is 647. The number of nitrogens with one attached hydrogen (secondary N) is 1. The van der Waals surface area contributed by atoms with Crippen molar-refractivity contribution in [2.75, 3.05) is 7.11 Å². The molecule has 0 radical (unpaired) electrons. The third-order valence-corrected chi connectivity index (χ3v) is 5.00. The van der Waals surface area contributed by atoms with Crippen molar-refractivity contribution >= 4 is 32.9 Å². The number of hydrogen-bond acceptors (Lipinski definition) is 4. The number of esters is 1. The van der Waals surface area contributed by atoms with Crippen molar-refractivity contribution in [2.45, 2.75) is 44.3 Å². The molecule has 10 heteroatoms. The molecule has 1 N–H and O–H groups in total. The quantitative estimate of drug-likeness (QED) is 0.671. The van der Waals surface area contributed by atoms with Gasteiger partial charge in [-0.3, -0.25) is 4.79 Å². The molecule has 1 unspecified atom stereocenters. The maximum Gasteiger partial charge on any atom is 0.573 e. The van der Waals surface area contributed by atoms with Crippen LogP contribution in [0.5, 0.6) is 5.75 Å². The van der Waals surface area contributed by atoms with Crippen molar-refractivity contribution in [3.8, 4) is 5.75 Å². The fraction of sp³-hybridized carbons (Fsp3) is 0.533. The van der Waals surface area contributed by atoms with Crippen LogP contribution in [-0.2, 0) is 20.5 Å². The van der Waals surface area contributed by atoms with Gasteiger partial charge in [0.2, 0.25) is 0 Å². The summed E-state index contributed by atoms with van der Waals surface area (Å²) in [4.78, 5) is 11.6. The number of ether oxygens (including phenoxy) is 2. The summed E-state index contributed by atoms with van der Waals surface area (Å²) in [7, 11) is -0.361. The van der Waals surface area contributed by atoms with Gasteiger partial charge in [0.1, 0.15) is 5.75 Å². The van der Waals surface area contributed by atoms with Gasteiger partial charge in [-0.05, 0) is 44.5 Å². The van der Waals surface area contributed by atoms with Crippen LogP contribution in [0.2, 0.25) is 0 Å². The van der Waals surface area contributed by atoms with Gasteiger partial charge in [0.25, 0.3) is 0 Å². The minimum atomic E-state index is -4.85. The third-order valence-electron chi connectivity index (χ3n) is 2.93. The molecule has 0 saturated carbocycles. The zero-order valence-corrected chi connectivity index (χ0v) is 16.5. The molecule has 0 bridgehead atoms. The van der Waals surface area contributed by atoms with Crippen LogP contribution in [0.25, 0.3) is 0 Å². The highest BCUT2D eigenvalue weighted by atomic mass is 79.9.